The summed E-state index contributed by atoms with van der Waals surface area (Å²) in [7, 11) is 2.12. The topological polar surface area (TPSA) is 10.8 Å². The zero-order valence-corrected chi connectivity index (χ0v) is 9.75. The van der Waals surface area contributed by atoms with E-state index in [0.717, 1.165) is 19.6 Å². The molecule has 3 heteroatoms. The predicted octanol–water partition coefficient (Wildman–Crippen LogP) is 1.32. The molecule has 1 rings (SSSR count). The highest BCUT2D eigenvalue weighted by Gasteiger charge is 2.31. The van der Waals surface area contributed by atoms with E-state index in [2.05, 4.69) is 42.5 Å². The van der Waals surface area contributed by atoms with Crippen molar-refractivity contribution in [2.24, 2.45) is 0 Å². The van der Waals surface area contributed by atoms with E-state index in [0.29, 0.717) is 12.6 Å². The molecule has 0 aliphatic carbocycles. The Balaban J connectivity index is 2.58. The van der Waals surface area contributed by atoms with Gasteiger partial charge in [-0.15, -0.1) is 0 Å². The van der Waals surface area contributed by atoms with Gasteiger partial charge in [-0.25, -0.2) is 6.57 Å². The molecule has 0 spiro atoms. The molecule has 14 heavy (non-hydrogen) atoms. The van der Waals surface area contributed by atoms with E-state index >= 15 is 0 Å². The SMILES string of the molecule is [C-]#[N+]C[C@@H]1CN(C(C)(C)C)CCN1C. The van der Waals surface area contributed by atoms with E-state index in [9.17, 15) is 0 Å². The van der Waals surface area contributed by atoms with Crippen molar-refractivity contribution in [2.45, 2.75) is 32.4 Å². The number of likely N-dealkylation sites (N-methyl/N-ethyl adjacent to an activating group) is 1. The van der Waals surface area contributed by atoms with E-state index in [1.54, 1.807) is 0 Å². The van der Waals surface area contributed by atoms with E-state index in [1.165, 1.54) is 0 Å². The summed E-state index contributed by atoms with van der Waals surface area (Å²) in [4.78, 5) is 8.29. The van der Waals surface area contributed by atoms with Crippen molar-refractivity contribution in [1.29, 1.82) is 0 Å². The summed E-state index contributed by atoms with van der Waals surface area (Å²) in [5.41, 5.74) is 0.238. The van der Waals surface area contributed by atoms with Gasteiger partial charge in [-0.2, -0.15) is 0 Å². The Morgan fingerprint density at radius 3 is 2.50 bits per heavy atom. The molecule has 0 radical (unpaired) electrons. The van der Waals surface area contributed by atoms with Crippen LogP contribution in [0.15, 0.2) is 0 Å². The third-order valence-electron chi connectivity index (χ3n) is 3.03. The van der Waals surface area contributed by atoms with Crippen LogP contribution < -0.4 is 0 Å². The highest BCUT2D eigenvalue weighted by Crippen LogP contribution is 2.18. The summed E-state index contributed by atoms with van der Waals surface area (Å²) >= 11 is 0. The molecule has 80 valence electrons. The van der Waals surface area contributed by atoms with Gasteiger partial charge in [0, 0.05) is 25.2 Å². The molecule has 0 unspecified atom stereocenters. The van der Waals surface area contributed by atoms with Gasteiger partial charge in [0.1, 0.15) is 0 Å². The summed E-state index contributed by atoms with van der Waals surface area (Å²) < 4.78 is 0. The summed E-state index contributed by atoms with van der Waals surface area (Å²) in [6.07, 6.45) is 0. The Kier molecular flexibility index (Phi) is 3.52. The lowest BCUT2D eigenvalue weighted by Crippen LogP contribution is -2.57. The average Bonchev–Trinajstić information content (AvgIpc) is 2.07. The van der Waals surface area contributed by atoms with Crippen molar-refractivity contribution in [2.75, 3.05) is 33.2 Å². The van der Waals surface area contributed by atoms with Gasteiger partial charge in [-0.1, -0.05) is 0 Å². The monoisotopic (exact) mass is 195 g/mol. The number of hydrogen-bond donors (Lipinski definition) is 0. The number of rotatable bonds is 1. The first kappa shape index (κ1) is 11.5. The fourth-order valence-electron chi connectivity index (χ4n) is 1.86. The summed E-state index contributed by atoms with van der Waals surface area (Å²) in [5, 5.41) is 0. The largest absolute Gasteiger partial charge is 0.315 e. The molecule has 1 fully saturated rings. The van der Waals surface area contributed by atoms with Gasteiger partial charge in [0.25, 0.3) is 0 Å². The molecule has 1 atom stereocenters. The van der Waals surface area contributed by atoms with Gasteiger partial charge in [0.05, 0.1) is 6.04 Å². The molecule has 3 nitrogen and oxygen atoms in total. The van der Waals surface area contributed by atoms with Crippen LogP contribution in [0.4, 0.5) is 0 Å². The molecule has 0 saturated carbocycles. The Labute approximate surface area is 87.5 Å². The fourth-order valence-corrected chi connectivity index (χ4v) is 1.86. The first-order valence-corrected chi connectivity index (χ1v) is 5.23. The quantitative estimate of drug-likeness (QED) is 0.584. The van der Waals surface area contributed by atoms with Crippen molar-refractivity contribution in [3.05, 3.63) is 11.4 Å². The zero-order valence-electron chi connectivity index (χ0n) is 9.75. The van der Waals surface area contributed by atoms with E-state index in [-0.39, 0.29) is 5.54 Å². The third kappa shape index (κ3) is 2.70. The minimum Gasteiger partial charge on any atom is -0.315 e. The minimum atomic E-state index is 0.238. The number of piperazine rings is 1. The van der Waals surface area contributed by atoms with Crippen LogP contribution in [0.1, 0.15) is 20.8 Å². The van der Waals surface area contributed by atoms with Crippen molar-refractivity contribution in [1.82, 2.24) is 9.80 Å². The zero-order chi connectivity index (χ0) is 10.8. The van der Waals surface area contributed by atoms with E-state index < -0.39 is 0 Å². The fraction of sp³-hybridized carbons (Fsp3) is 0.909. The average molecular weight is 195 g/mol. The predicted molar refractivity (Wildman–Crippen MR) is 59.2 cm³/mol. The lowest BCUT2D eigenvalue weighted by atomic mass is 10.0. The van der Waals surface area contributed by atoms with Gasteiger partial charge in [-0.05, 0) is 27.8 Å². The highest BCUT2D eigenvalue weighted by molar-refractivity contribution is 4.89. The Morgan fingerprint density at radius 1 is 1.36 bits per heavy atom. The Hall–Kier alpha value is -0.590. The second kappa shape index (κ2) is 4.29. The Bertz CT molecular complexity index is 224. The van der Waals surface area contributed by atoms with E-state index in [1.807, 2.05) is 0 Å². The lowest BCUT2D eigenvalue weighted by Gasteiger charge is -2.44. The smallest absolute Gasteiger partial charge is 0.231 e. The third-order valence-corrected chi connectivity index (χ3v) is 3.03. The summed E-state index contributed by atoms with van der Waals surface area (Å²) in [6, 6.07) is 0.417. The van der Waals surface area contributed by atoms with E-state index in [4.69, 9.17) is 6.57 Å². The van der Waals surface area contributed by atoms with Crippen LogP contribution in [0.3, 0.4) is 0 Å². The van der Waals surface area contributed by atoms with Gasteiger partial charge >= 0.3 is 0 Å². The van der Waals surface area contributed by atoms with Crippen LogP contribution in [-0.2, 0) is 0 Å². The summed E-state index contributed by atoms with van der Waals surface area (Å²) in [6.45, 7) is 17.5. The summed E-state index contributed by atoms with van der Waals surface area (Å²) in [5.74, 6) is 0. The van der Waals surface area contributed by atoms with Crippen molar-refractivity contribution in [3.63, 3.8) is 0 Å². The maximum absolute atomic E-state index is 6.93. The van der Waals surface area contributed by atoms with Crippen molar-refractivity contribution >= 4 is 0 Å². The molecule has 1 aliphatic heterocycles. The second-order valence-corrected chi connectivity index (χ2v) is 5.09. The molecular formula is C11H21N3. The molecule has 1 saturated heterocycles. The molecule has 0 bridgehead atoms. The van der Waals surface area contributed by atoms with Crippen LogP contribution in [-0.4, -0.2) is 54.6 Å². The first-order valence-electron chi connectivity index (χ1n) is 5.23. The number of nitrogens with zero attached hydrogens (tertiary/aromatic N) is 3. The normalized spacial score (nSPS) is 26.1. The molecule has 0 N–H and O–H groups in total. The van der Waals surface area contributed by atoms with Crippen LogP contribution in [0.25, 0.3) is 4.85 Å². The van der Waals surface area contributed by atoms with Gasteiger partial charge in [0.2, 0.25) is 6.54 Å². The van der Waals surface area contributed by atoms with Crippen LogP contribution in [0.5, 0.6) is 0 Å². The number of hydrogen-bond acceptors (Lipinski definition) is 2. The second-order valence-electron chi connectivity index (χ2n) is 5.09. The van der Waals surface area contributed by atoms with Crippen molar-refractivity contribution in [3.8, 4) is 0 Å². The van der Waals surface area contributed by atoms with Gasteiger partial charge in [-0.3, -0.25) is 9.80 Å². The van der Waals surface area contributed by atoms with Crippen LogP contribution >= 0.6 is 0 Å². The molecule has 0 aromatic heterocycles. The molecule has 1 heterocycles. The maximum Gasteiger partial charge on any atom is 0.231 e. The van der Waals surface area contributed by atoms with Gasteiger partial charge < -0.3 is 4.85 Å². The molecule has 0 aromatic rings. The molecule has 1 aliphatic rings. The maximum atomic E-state index is 6.93. The Morgan fingerprint density at radius 2 is 2.00 bits per heavy atom. The van der Waals surface area contributed by atoms with Gasteiger partial charge in [0.15, 0.2) is 0 Å². The standard InChI is InChI=1S/C11H21N3/c1-11(2,3)14-7-6-13(5)10(9-14)8-12-4/h10H,6-9H2,1-3,5H3/t10-/m1/s1. The highest BCUT2D eigenvalue weighted by atomic mass is 15.3. The lowest BCUT2D eigenvalue weighted by molar-refractivity contribution is 0.0406. The minimum absolute atomic E-state index is 0.238. The van der Waals surface area contributed by atoms with Crippen molar-refractivity contribution < 1.29 is 0 Å². The first-order chi connectivity index (χ1) is 6.45. The van der Waals surface area contributed by atoms with Crippen LogP contribution in [0, 0.1) is 6.57 Å². The molecular weight excluding hydrogens is 174 g/mol. The van der Waals surface area contributed by atoms with Crippen LogP contribution in [0.2, 0.25) is 0 Å². The molecule has 0 amide bonds. The molecule has 0 aromatic carbocycles.